The van der Waals surface area contributed by atoms with Crippen LogP contribution in [-0.4, -0.2) is 24.8 Å². The Hall–Kier alpha value is -1.20. The molecule has 1 aromatic heterocycles. The summed E-state index contributed by atoms with van der Waals surface area (Å²) in [5, 5.41) is 12.8. The molecular weight excluding hydrogens is 294 g/mol. The Morgan fingerprint density at radius 2 is 2.09 bits per heavy atom. The Balaban J connectivity index is 1.75. The summed E-state index contributed by atoms with van der Waals surface area (Å²) in [5.41, 5.74) is 3.57. The molecule has 0 unspecified atom stereocenters. The summed E-state index contributed by atoms with van der Waals surface area (Å²) < 4.78 is 6.26. The Labute approximate surface area is 134 Å². The third kappa shape index (κ3) is 2.40. The highest BCUT2D eigenvalue weighted by molar-refractivity contribution is 7.15. The standard InChI is InChI=1S/C18H21NO2S/c20-12-13-2-1-3-14(10-13)16-11-15-4-9-21-18(17(15)22-16)5-7-19-8-6-18/h1-3,10-11,19-20H,4-9,12H2. The van der Waals surface area contributed by atoms with Crippen LogP contribution < -0.4 is 5.32 Å². The van der Waals surface area contributed by atoms with Crippen molar-refractivity contribution in [1.29, 1.82) is 0 Å². The lowest BCUT2D eigenvalue weighted by atomic mass is 9.86. The van der Waals surface area contributed by atoms with Crippen molar-refractivity contribution in [3.63, 3.8) is 0 Å². The highest BCUT2D eigenvalue weighted by Gasteiger charge is 2.40. The summed E-state index contributed by atoms with van der Waals surface area (Å²) in [7, 11) is 0. The molecular formula is C18H21NO2S. The summed E-state index contributed by atoms with van der Waals surface area (Å²) in [5.74, 6) is 0. The van der Waals surface area contributed by atoms with Gasteiger partial charge in [-0.3, -0.25) is 0 Å². The molecule has 2 aliphatic heterocycles. The number of hydrogen-bond donors (Lipinski definition) is 2. The monoisotopic (exact) mass is 315 g/mol. The van der Waals surface area contributed by atoms with E-state index in [1.54, 1.807) is 0 Å². The molecule has 3 nitrogen and oxygen atoms in total. The van der Waals surface area contributed by atoms with E-state index in [9.17, 15) is 5.11 Å². The summed E-state index contributed by atoms with van der Waals surface area (Å²) in [6.07, 6.45) is 3.15. The topological polar surface area (TPSA) is 41.5 Å². The molecule has 2 aromatic rings. The average Bonchev–Trinajstić information content (AvgIpc) is 3.02. The zero-order valence-corrected chi connectivity index (χ0v) is 13.4. The number of thiophene rings is 1. The van der Waals surface area contributed by atoms with Crippen molar-refractivity contribution < 1.29 is 9.84 Å². The van der Waals surface area contributed by atoms with Gasteiger partial charge < -0.3 is 15.2 Å². The number of hydrogen-bond acceptors (Lipinski definition) is 4. The van der Waals surface area contributed by atoms with Crippen LogP contribution in [0.25, 0.3) is 10.4 Å². The van der Waals surface area contributed by atoms with Crippen LogP contribution in [0.4, 0.5) is 0 Å². The van der Waals surface area contributed by atoms with Gasteiger partial charge in [0.05, 0.1) is 13.2 Å². The quantitative estimate of drug-likeness (QED) is 0.895. The number of nitrogens with one attached hydrogen (secondary N) is 1. The first-order valence-electron chi connectivity index (χ1n) is 7.99. The number of piperidine rings is 1. The number of rotatable bonds is 2. The maximum atomic E-state index is 9.35. The Morgan fingerprint density at radius 1 is 1.23 bits per heavy atom. The van der Waals surface area contributed by atoms with Crippen LogP contribution in [0.1, 0.15) is 28.8 Å². The predicted octanol–water partition coefficient (Wildman–Crippen LogP) is 3.06. The molecule has 0 bridgehead atoms. The fourth-order valence-corrected chi connectivity index (χ4v) is 5.00. The first-order valence-corrected chi connectivity index (χ1v) is 8.80. The van der Waals surface area contributed by atoms with Gasteiger partial charge in [-0.15, -0.1) is 11.3 Å². The van der Waals surface area contributed by atoms with Gasteiger partial charge in [0.2, 0.25) is 0 Å². The van der Waals surface area contributed by atoms with Crippen LogP contribution in [0.15, 0.2) is 30.3 Å². The van der Waals surface area contributed by atoms with Crippen molar-refractivity contribution in [2.24, 2.45) is 0 Å². The lowest BCUT2D eigenvalue weighted by Crippen LogP contribution is -2.43. The minimum absolute atomic E-state index is 0.0592. The third-order valence-electron chi connectivity index (χ3n) is 4.78. The molecule has 4 rings (SSSR count). The second kappa shape index (κ2) is 5.78. The van der Waals surface area contributed by atoms with Crippen molar-refractivity contribution in [2.75, 3.05) is 19.7 Å². The average molecular weight is 315 g/mol. The normalized spacial score (nSPS) is 20.0. The van der Waals surface area contributed by atoms with Gasteiger partial charge in [-0.05, 0) is 61.2 Å². The van der Waals surface area contributed by atoms with Crippen LogP contribution in [0, 0.1) is 0 Å². The first kappa shape index (κ1) is 14.4. The number of aliphatic hydroxyl groups excluding tert-OH is 1. The maximum Gasteiger partial charge on any atom is 0.105 e. The van der Waals surface area contributed by atoms with Crippen LogP contribution >= 0.6 is 11.3 Å². The highest BCUT2D eigenvalue weighted by atomic mass is 32.1. The fourth-order valence-electron chi connectivity index (χ4n) is 3.59. The van der Waals surface area contributed by atoms with Gasteiger partial charge in [-0.25, -0.2) is 0 Å². The van der Waals surface area contributed by atoms with E-state index in [2.05, 4.69) is 23.5 Å². The first-order chi connectivity index (χ1) is 10.8. The molecule has 0 aliphatic carbocycles. The second-order valence-electron chi connectivity index (χ2n) is 6.17. The van der Waals surface area contributed by atoms with E-state index in [0.29, 0.717) is 0 Å². The van der Waals surface area contributed by atoms with Crippen molar-refractivity contribution in [1.82, 2.24) is 5.32 Å². The summed E-state index contributed by atoms with van der Waals surface area (Å²) in [6, 6.07) is 10.5. The van der Waals surface area contributed by atoms with E-state index in [4.69, 9.17) is 4.74 Å². The fraction of sp³-hybridized carbons (Fsp3) is 0.444. The molecule has 22 heavy (non-hydrogen) atoms. The van der Waals surface area contributed by atoms with E-state index < -0.39 is 0 Å². The molecule has 0 saturated carbocycles. The largest absolute Gasteiger partial charge is 0.392 e. The van der Waals surface area contributed by atoms with E-state index in [1.165, 1.54) is 20.9 Å². The Kier molecular flexibility index (Phi) is 3.78. The lowest BCUT2D eigenvalue weighted by molar-refractivity contribution is -0.0771. The summed E-state index contributed by atoms with van der Waals surface area (Å²) in [4.78, 5) is 2.73. The second-order valence-corrected chi connectivity index (χ2v) is 7.22. The number of ether oxygens (including phenoxy) is 1. The van der Waals surface area contributed by atoms with Crippen LogP contribution in [0.3, 0.4) is 0 Å². The van der Waals surface area contributed by atoms with Gasteiger partial charge in [0, 0.05) is 9.75 Å². The molecule has 2 aliphatic rings. The smallest absolute Gasteiger partial charge is 0.105 e. The third-order valence-corrected chi connectivity index (χ3v) is 6.19. The molecule has 3 heterocycles. The van der Waals surface area contributed by atoms with Gasteiger partial charge in [-0.1, -0.05) is 18.2 Å². The molecule has 4 heteroatoms. The molecule has 0 radical (unpaired) electrons. The molecule has 1 saturated heterocycles. The van der Waals surface area contributed by atoms with Crippen LogP contribution in [-0.2, 0) is 23.4 Å². The molecule has 0 amide bonds. The highest BCUT2D eigenvalue weighted by Crippen LogP contribution is 2.46. The predicted molar refractivity (Wildman–Crippen MR) is 89.1 cm³/mol. The number of aliphatic hydroxyl groups is 1. The van der Waals surface area contributed by atoms with E-state index in [-0.39, 0.29) is 12.2 Å². The molecule has 0 atom stereocenters. The van der Waals surface area contributed by atoms with Gasteiger partial charge in [0.1, 0.15) is 5.60 Å². The Bertz CT molecular complexity index is 673. The van der Waals surface area contributed by atoms with Crippen molar-refractivity contribution >= 4 is 11.3 Å². The van der Waals surface area contributed by atoms with Gasteiger partial charge >= 0.3 is 0 Å². The van der Waals surface area contributed by atoms with Gasteiger partial charge in [-0.2, -0.15) is 0 Å². The van der Waals surface area contributed by atoms with Crippen molar-refractivity contribution in [3.05, 3.63) is 46.3 Å². The summed E-state index contributed by atoms with van der Waals surface area (Å²) >= 11 is 1.88. The number of fused-ring (bicyclic) bond motifs is 2. The lowest BCUT2D eigenvalue weighted by Gasteiger charge is -2.40. The molecule has 2 N–H and O–H groups in total. The zero-order valence-electron chi connectivity index (χ0n) is 12.6. The van der Waals surface area contributed by atoms with Gasteiger partial charge in [0.15, 0.2) is 0 Å². The van der Waals surface area contributed by atoms with Crippen molar-refractivity contribution in [3.8, 4) is 10.4 Å². The number of benzene rings is 1. The van der Waals surface area contributed by atoms with Crippen LogP contribution in [0.2, 0.25) is 0 Å². The van der Waals surface area contributed by atoms with Crippen molar-refractivity contribution in [2.45, 2.75) is 31.5 Å². The minimum Gasteiger partial charge on any atom is -0.392 e. The molecule has 1 aromatic carbocycles. The van der Waals surface area contributed by atoms with E-state index >= 15 is 0 Å². The minimum atomic E-state index is -0.0592. The molecule has 1 fully saturated rings. The molecule has 116 valence electrons. The summed E-state index contributed by atoms with van der Waals surface area (Å²) in [6.45, 7) is 3.00. The molecule has 1 spiro atoms. The van der Waals surface area contributed by atoms with E-state index in [1.807, 2.05) is 23.5 Å². The maximum absolute atomic E-state index is 9.35. The van der Waals surface area contributed by atoms with E-state index in [0.717, 1.165) is 44.5 Å². The van der Waals surface area contributed by atoms with Crippen LogP contribution in [0.5, 0.6) is 0 Å². The Morgan fingerprint density at radius 3 is 2.91 bits per heavy atom. The SMILES string of the molecule is OCc1cccc(-c2cc3c(s2)C2(CCNCC2)OCC3)c1. The van der Waals surface area contributed by atoms with Gasteiger partial charge in [0.25, 0.3) is 0 Å². The zero-order chi connectivity index (χ0) is 15.0.